The van der Waals surface area contributed by atoms with Gasteiger partial charge in [0.15, 0.2) is 5.96 Å². The number of aliphatic imine (C=N–C) groups is 1. The summed E-state index contributed by atoms with van der Waals surface area (Å²) >= 11 is 7.54. The highest BCUT2D eigenvalue weighted by Gasteiger charge is 2.04. The van der Waals surface area contributed by atoms with Crippen LogP contribution in [-0.2, 0) is 12.8 Å². The summed E-state index contributed by atoms with van der Waals surface area (Å²) in [5.74, 6) is 0.803. The van der Waals surface area contributed by atoms with Crippen molar-refractivity contribution in [2.75, 3.05) is 20.1 Å². The van der Waals surface area contributed by atoms with Crippen LogP contribution in [0.5, 0.6) is 0 Å². The van der Waals surface area contributed by atoms with Crippen molar-refractivity contribution < 1.29 is 0 Å². The van der Waals surface area contributed by atoms with Crippen LogP contribution < -0.4 is 10.6 Å². The molecular formula is C16H22ClN5S. The van der Waals surface area contributed by atoms with Crippen molar-refractivity contribution in [3.8, 4) is 0 Å². The van der Waals surface area contributed by atoms with E-state index in [2.05, 4.69) is 39.4 Å². The van der Waals surface area contributed by atoms with Crippen LogP contribution in [0.2, 0.25) is 5.15 Å². The van der Waals surface area contributed by atoms with Crippen molar-refractivity contribution in [3.63, 3.8) is 0 Å². The van der Waals surface area contributed by atoms with Gasteiger partial charge < -0.3 is 10.6 Å². The van der Waals surface area contributed by atoms with Gasteiger partial charge in [-0.1, -0.05) is 17.7 Å². The molecule has 0 fully saturated rings. The Labute approximate surface area is 146 Å². The normalized spacial score (nSPS) is 11.6. The lowest BCUT2D eigenvalue weighted by Crippen LogP contribution is -2.39. The lowest BCUT2D eigenvalue weighted by atomic mass is 10.2. The third-order valence-corrected chi connectivity index (χ3v) is 4.78. The van der Waals surface area contributed by atoms with Gasteiger partial charge in [-0.15, -0.1) is 11.3 Å². The van der Waals surface area contributed by atoms with Crippen LogP contribution in [0, 0.1) is 13.8 Å². The van der Waals surface area contributed by atoms with Gasteiger partial charge in [-0.3, -0.25) is 4.99 Å². The molecule has 0 unspecified atom stereocenters. The zero-order valence-corrected chi connectivity index (χ0v) is 15.3. The maximum absolute atomic E-state index is 5.78. The molecule has 23 heavy (non-hydrogen) atoms. The van der Waals surface area contributed by atoms with E-state index in [1.54, 1.807) is 24.6 Å². The average molecular weight is 352 g/mol. The molecule has 0 aliphatic carbocycles. The molecule has 5 nitrogen and oxygen atoms in total. The minimum absolute atomic E-state index is 0.520. The first-order valence-corrected chi connectivity index (χ1v) is 8.76. The second-order valence-corrected chi connectivity index (χ2v) is 6.84. The fourth-order valence-corrected chi connectivity index (χ4v) is 3.08. The number of thiazole rings is 1. The van der Waals surface area contributed by atoms with E-state index in [4.69, 9.17) is 11.6 Å². The van der Waals surface area contributed by atoms with Crippen molar-refractivity contribution in [3.05, 3.63) is 44.6 Å². The monoisotopic (exact) mass is 351 g/mol. The molecule has 2 aromatic rings. The number of rotatable bonds is 6. The van der Waals surface area contributed by atoms with Gasteiger partial charge in [0.1, 0.15) is 5.15 Å². The molecule has 2 N–H and O–H groups in total. The second kappa shape index (κ2) is 8.84. The number of hydrogen-bond donors (Lipinski definition) is 2. The Morgan fingerprint density at radius 2 is 1.96 bits per heavy atom. The van der Waals surface area contributed by atoms with Crippen molar-refractivity contribution in [1.82, 2.24) is 20.6 Å². The van der Waals surface area contributed by atoms with Crippen molar-refractivity contribution >= 4 is 28.9 Å². The summed E-state index contributed by atoms with van der Waals surface area (Å²) < 4.78 is 0. The number of halogens is 1. The zero-order valence-electron chi connectivity index (χ0n) is 13.7. The van der Waals surface area contributed by atoms with Gasteiger partial charge in [-0.25, -0.2) is 9.97 Å². The Balaban J connectivity index is 1.70. The molecule has 124 valence electrons. The van der Waals surface area contributed by atoms with Crippen LogP contribution in [0.3, 0.4) is 0 Å². The number of guanidine groups is 1. The molecule has 0 aliphatic rings. The van der Waals surface area contributed by atoms with Crippen LogP contribution in [-0.4, -0.2) is 36.1 Å². The molecule has 0 bridgehead atoms. The molecule has 0 aliphatic heterocycles. The largest absolute Gasteiger partial charge is 0.356 e. The van der Waals surface area contributed by atoms with Gasteiger partial charge >= 0.3 is 0 Å². The topological polar surface area (TPSA) is 62.2 Å². The number of aromatic nitrogens is 2. The van der Waals surface area contributed by atoms with E-state index >= 15 is 0 Å². The highest BCUT2D eigenvalue weighted by molar-refractivity contribution is 7.11. The van der Waals surface area contributed by atoms with E-state index < -0.39 is 0 Å². The van der Waals surface area contributed by atoms with E-state index in [1.165, 1.54) is 4.88 Å². The molecule has 0 atom stereocenters. The summed E-state index contributed by atoms with van der Waals surface area (Å²) in [6.45, 7) is 5.76. The van der Waals surface area contributed by atoms with Crippen LogP contribution in [0.25, 0.3) is 0 Å². The van der Waals surface area contributed by atoms with Gasteiger partial charge in [0.25, 0.3) is 0 Å². The third kappa shape index (κ3) is 5.80. The maximum atomic E-state index is 5.78. The molecule has 7 heteroatoms. The smallest absolute Gasteiger partial charge is 0.191 e. The first-order valence-electron chi connectivity index (χ1n) is 7.56. The fourth-order valence-electron chi connectivity index (χ4n) is 2.03. The summed E-state index contributed by atoms with van der Waals surface area (Å²) in [4.78, 5) is 14.1. The minimum atomic E-state index is 0.520. The molecule has 2 heterocycles. The summed E-state index contributed by atoms with van der Waals surface area (Å²) in [6, 6.07) is 3.79. The molecule has 0 radical (unpaired) electrons. The van der Waals surface area contributed by atoms with Crippen LogP contribution in [0.4, 0.5) is 0 Å². The van der Waals surface area contributed by atoms with E-state index in [0.29, 0.717) is 5.15 Å². The summed E-state index contributed by atoms with van der Waals surface area (Å²) in [6.07, 6.45) is 3.57. The summed E-state index contributed by atoms with van der Waals surface area (Å²) in [5, 5.41) is 8.29. The van der Waals surface area contributed by atoms with Crippen LogP contribution >= 0.6 is 22.9 Å². The predicted octanol–water partition coefficient (Wildman–Crippen LogP) is 2.76. The second-order valence-electron chi connectivity index (χ2n) is 5.16. The fraction of sp³-hybridized carbons (Fsp3) is 0.438. The predicted molar refractivity (Wildman–Crippen MR) is 97.6 cm³/mol. The number of hydrogen-bond acceptors (Lipinski definition) is 4. The number of pyridine rings is 1. The molecule has 2 rings (SSSR count). The van der Waals surface area contributed by atoms with Gasteiger partial charge in [0.2, 0.25) is 0 Å². The Bertz CT molecular complexity index is 631. The first kappa shape index (κ1) is 17.7. The molecule has 0 saturated heterocycles. The van der Waals surface area contributed by atoms with Gasteiger partial charge in [0, 0.05) is 37.6 Å². The minimum Gasteiger partial charge on any atom is -0.356 e. The molecular weight excluding hydrogens is 330 g/mol. The number of aryl methyl sites for hydroxylation is 2. The molecule has 0 aromatic carbocycles. The summed E-state index contributed by atoms with van der Waals surface area (Å²) in [7, 11) is 1.77. The zero-order chi connectivity index (χ0) is 16.7. The number of nitrogens with zero attached hydrogens (tertiary/aromatic N) is 3. The molecule has 0 spiro atoms. The third-order valence-electron chi connectivity index (χ3n) is 3.42. The number of nitrogens with one attached hydrogen (secondary N) is 2. The molecule has 0 amide bonds. The Morgan fingerprint density at radius 3 is 2.52 bits per heavy atom. The SMILES string of the molecule is CN=C(NCCc1ccc(Cl)nc1)NCCc1nc(C)c(C)s1. The van der Waals surface area contributed by atoms with Crippen molar-refractivity contribution in [2.45, 2.75) is 26.7 Å². The molecule has 0 saturated carbocycles. The standard InChI is InChI=1S/C16H22ClN5S/c1-11-12(2)23-15(22-11)7-9-20-16(18-3)19-8-6-13-4-5-14(17)21-10-13/h4-5,10H,6-9H2,1-3H3,(H2,18,19,20). The quantitative estimate of drug-likeness (QED) is 0.477. The van der Waals surface area contributed by atoms with E-state index in [9.17, 15) is 0 Å². The van der Waals surface area contributed by atoms with E-state index in [-0.39, 0.29) is 0 Å². The molecule has 2 aromatic heterocycles. The van der Waals surface area contributed by atoms with Crippen LogP contribution in [0.1, 0.15) is 21.1 Å². The Morgan fingerprint density at radius 1 is 1.22 bits per heavy atom. The van der Waals surface area contributed by atoms with E-state index in [0.717, 1.165) is 48.2 Å². The average Bonchev–Trinajstić information content (AvgIpc) is 2.86. The highest BCUT2D eigenvalue weighted by atomic mass is 35.5. The highest BCUT2D eigenvalue weighted by Crippen LogP contribution is 2.16. The Hall–Kier alpha value is -1.66. The first-order chi connectivity index (χ1) is 11.1. The lowest BCUT2D eigenvalue weighted by molar-refractivity contribution is 0.780. The summed E-state index contributed by atoms with van der Waals surface area (Å²) in [5.41, 5.74) is 2.27. The Kier molecular flexibility index (Phi) is 6.80. The van der Waals surface area contributed by atoms with Gasteiger partial charge in [-0.2, -0.15) is 0 Å². The van der Waals surface area contributed by atoms with Crippen molar-refractivity contribution in [1.29, 1.82) is 0 Å². The van der Waals surface area contributed by atoms with Gasteiger partial charge in [-0.05, 0) is 31.9 Å². The maximum Gasteiger partial charge on any atom is 0.191 e. The van der Waals surface area contributed by atoms with Crippen molar-refractivity contribution in [2.24, 2.45) is 4.99 Å². The van der Waals surface area contributed by atoms with Crippen LogP contribution in [0.15, 0.2) is 23.3 Å². The van der Waals surface area contributed by atoms with Gasteiger partial charge in [0.05, 0.1) is 10.7 Å². The lowest BCUT2D eigenvalue weighted by Gasteiger charge is -2.11. The van der Waals surface area contributed by atoms with E-state index in [1.807, 2.05) is 12.1 Å².